The molecule has 0 saturated carbocycles. The van der Waals surface area contributed by atoms with Crippen molar-refractivity contribution < 1.29 is 30.6 Å². The monoisotopic (exact) mass is 446 g/mol. The van der Waals surface area contributed by atoms with Crippen LogP contribution in [0.4, 0.5) is 0 Å². The van der Waals surface area contributed by atoms with Crippen molar-refractivity contribution in [3.8, 4) is 0 Å². The predicted molar refractivity (Wildman–Crippen MR) is 124 cm³/mol. The Morgan fingerprint density at radius 3 is 0.815 bits per heavy atom. The van der Waals surface area contributed by atoms with E-state index in [9.17, 15) is 0 Å². The molecule has 164 valence electrons. The highest BCUT2D eigenvalue weighted by Gasteiger charge is 2.24. The zero-order chi connectivity index (χ0) is 22.3. The minimum absolute atomic E-state index is 0.123. The second-order valence-corrected chi connectivity index (χ2v) is 7.17. The van der Waals surface area contributed by atoms with Crippen molar-refractivity contribution in [1.82, 2.24) is 0 Å². The van der Waals surface area contributed by atoms with Crippen LogP contribution in [0.1, 0.15) is 72.6 Å². The summed E-state index contributed by atoms with van der Waals surface area (Å²) in [5.41, 5.74) is -0.667. The van der Waals surface area contributed by atoms with Gasteiger partial charge in [0.1, 0.15) is 0 Å². The number of aliphatic hydroxyl groups is 6. The lowest BCUT2D eigenvalue weighted by Crippen LogP contribution is -2.32. The fraction of sp³-hybridized carbons (Fsp3) is 0.833. The van der Waals surface area contributed by atoms with Crippen LogP contribution >= 0.6 is 36.7 Å². The Labute approximate surface area is 180 Å². The molecule has 0 amide bonds. The topological polar surface area (TPSA) is 121 Å². The van der Waals surface area contributed by atoms with E-state index in [-0.39, 0.29) is 35.0 Å². The van der Waals surface area contributed by atoms with E-state index >= 15 is 0 Å². The van der Waals surface area contributed by atoms with Crippen LogP contribution < -0.4 is 0 Å². The molecule has 6 N–H and O–H groups in total. The minimum Gasteiger partial charge on any atom is -0.502 e. The van der Waals surface area contributed by atoms with Crippen molar-refractivity contribution in [2.24, 2.45) is 5.41 Å². The van der Waals surface area contributed by atoms with Gasteiger partial charge in [-0.15, -0.1) is 0 Å². The Kier molecular flexibility index (Phi) is 32.3. The first kappa shape index (κ1) is 34.1. The second-order valence-electron chi connectivity index (χ2n) is 5.76. The zero-order valence-electron chi connectivity index (χ0n) is 17.0. The van der Waals surface area contributed by atoms with Gasteiger partial charge < -0.3 is 30.6 Å². The maximum atomic E-state index is 8.66. The summed E-state index contributed by atoms with van der Waals surface area (Å²) in [6, 6.07) is 0. The molecule has 0 aliphatic heterocycles. The quantitative estimate of drug-likeness (QED) is 0.271. The van der Waals surface area contributed by atoms with Gasteiger partial charge >= 0.3 is 0 Å². The van der Waals surface area contributed by atoms with Gasteiger partial charge in [0.25, 0.3) is 0 Å². The molecular weight excluding hydrogens is 408 g/mol. The molecule has 0 bridgehead atoms. The van der Waals surface area contributed by atoms with Gasteiger partial charge in [0.05, 0.1) is 19.8 Å². The molecule has 0 aliphatic rings. The van der Waals surface area contributed by atoms with Crippen molar-refractivity contribution in [3.05, 3.63) is 0 Å². The molecule has 0 rings (SSSR count). The smallest absolute Gasteiger partial charge is 0.156 e. The summed E-state index contributed by atoms with van der Waals surface area (Å²) >= 11 is 13.1. The van der Waals surface area contributed by atoms with Crippen molar-refractivity contribution in [2.75, 3.05) is 19.8 Å². The average molecular weight is 447 g/mol. The van der Waals surface area contributed by atoms with Crippen molar-refractivity contribution in [1.29, 1.82) is 0 Å². The Hall–Kier alpha value is -0.450. The molecule has 6 nitrogen and oxygen atoms in total. The molecule has 0 atom stereocenters. The summed E-state index contributed by atoms with van der Waals surface area (Å²) < 4.78 is 0. The predicted octanol–water partition coefficient (Wildman–Crippen LogP) is 4.38. The Bertz CT molecular complexity index is 305. The summed E-state index contributed by atoms with van der Waals surface area (Å²) in [5, 5.41) is 51.2. The maximum Gasteiger partial charge on any atom is 0.156 e. The van der Waals surface area contributed by atoms with E-state index in [2.05, 4.69) is 36.7 Å². The third kappa shape index (κ3) is 33.6. The minimum atomic E-state index is -0.667. The van der Waals surface area contributed by atoms with Crippen LogP contribution in [0.3, 0.4) is 0 Å². The van der Waals surface area contributed by atoms with Crippen LogP contribution in [-0.2, 0) is 0 Å². The third-order valence-corrected chi connectivity index (χ3v) is 3.76. The highest BCUT2D eigenvalue weighted by atomic mass is 32.1. The van der Waals surface area contributed by atoms with Gasteiger partial charge in [-0.05, 0) is 62.3 Å². The van der Waals surface area contributed by atoms with Crippen LogP contribution in [0.25, 0.3) is 0 Å². The number of hydrogen-bond donors (Lipinski definition) is 6. The fourth-order valence-corrected chi connectivity index (χ4v) is 1.74. The number of rotatable bonds is 10. The van der Waals surface area contributed by atoms with E-state index in [1.54, 1.807) is 0 Å². The molecule has 0 heterocycles. The van der Waals surface area contributed by atoms with Gasteiger partial charge in [-0.3, -0.25) is 0 Å². The standard InChI is InChI=1S/C6H14O3.3C4H8OS/c1-2-6(3-7,4-8)5-9;3*1-2-3-4(5)6/h7-9H,2-5H2,1H3;3*2-3H2,1H3,(H,5,6). The number of hydrogen-bond acceptors (Lipinski definition) is 6. The SMILES string of the molecule is CCC(CO)(CO)CO.CCCC(O)=S.CCCC(O)=S.CCCC(O)=S. The molecule has 0 aromatic rings. The highest BCUT2D eigenvalue weighted by molar-refractivity contribution is 7.80. The normalized spacial score (nSPS) is 9.44. The highest BCUT2D eigenvalue weighted by Crippen LogP contribution is 2.18. The molecule has 0 saturated heterocycles. The van der Waals surface area contributed by atoms with Gasteiger partial charge in [-0.1, -0.05) is 27.7 Å². The van der Waals surface area contributed by atoms with Crippen LogP contribution in [0.2, 0.25) is 0 Å². The van der Waals surface area contributed by atoms with Crippen molar-refractivity contribution >= 4 is 51.8 Å². The first-order chi connectivity index (χ1) is 12.6. The second kappa shape index (κ2) is 25.6. The Morgan fingerprint density at radius 2 is 0.815 bits per heavy atom. The molecule has 0 aromatic heterocycles. The molecule has 9 heteroatoms. The van der Waals surface area contributed by atoms with Crippen LogP contribution in [-0.4, -0.2) is 65.6 Å². The van der Waals surface area contributed by atoms with Gasteiger partial charge in [-0.2, -0.15) is 0 Å². The molecule has 0 radical (unpaired) electrons. The lowest BCUT2D eigenvalue weighted by Gasteiger charge is -2.24. The Morgan fingerprint density at radius 1 is 0.593 bits per heavy atom. The van der Waals surface area contributed by atoms with Gasteiger partial charge in [0.2, 0.25) is 0 Å². The van der Waals surface area contributed by atoms with Crippen molar-refractivity contribution in [2.45, 2.75) is 72.6 Å². The summed E-state index contributed by atoms with van der Waals surface area (Å²) in [7, 11) is 0. The molecule has 0 fully saturated rings. The zero-order valence-corrected chi connectivity index (χ0v) is 19.4. The first-order valence-corrected chi connectivity index (χ1v) is 10.3. The number of thiocarbonyl (C=S) groups is 3. The van der Waals surface area contributed by atoms with Crippen LogP contribution in [0, 0.1) is 5.41 Å². The maximum absolute atomic E-state index is 8.66. The van der Waals surface area contributed by atoms with E-state index in [0.717, 1.165) is 19.3 Å². The number of aliphatic hydroxyl groups excluding tert-OH is 6. The Balaban J connectivity index is -0.000000133. The molecule has 0 aromatic carbocycles. The average Bonchev–Trinajstić information content (AvgIpc) is 2.59. The summed E-state index contributed by atoms with van der Waals surface area (Å²) in [5.74, 6) is 0. The molecule has 27 heavy (non-hydrogen) atoms. The fourth-order valence-electron chi connectivity index (χ4n) is 1.13. The summed E-state index contributed by atoms with van der Waals surface area (Å²) in [6.45, 7) is 7.28. The van der Waals surface area contributed by atoms with E-state index < -0.39 is 5.41 Å². The largest absolute Gasteiger partial charge is 0.502 e. The third-order valence-electron chi connectivity index (χ3n) is 3.15. The van der Waals surface area contributed by atoms with E-state index in [0.29, 0.717) is 25.7 Å². The lowest BCUT2D eigenvalue weighted by atomic mass is 9.88. The molecule has 0 spiro atoms. The first-order valence-electron chi connectivity index (χ1n) is 9.04. The molecule has 0 unspecified atom stereocenters. The van der Waals surface area contributed by atoms with Gasteiger partial charge in [0, 0.05) is 24.7 Å². The van der Waals surface area contributed by atoms with E-state index in [1.165, 1.54) is 0 Å². The van der Waals surface area contributed by atoms with Crippen LogP contribution in [0.5, 0.6) is 0 Å². The van der Waals surface area contributed by atoms with E-state index in [1.807, 2.05) is 27.7 Å². The summed E-state index contributed by atoms with van der Waals surface area (Å²) in [4.78, 5) is 0. The molecular formula is C18H38O6S3. The van der Waals surface area contributed by atoms with Gasteiger partial charge in [-0.25, -0.2) is 0 Å². The van der Waals surface area contributed by atoms with Crippen molar-refractivity contribution in [3.63, 3.8) is 0 Å². The van der Waals surface area contributed by atoms with E-state index in [4.69, 9.17) is 30.6 Å². The van der Waals surface area contributed by atoms with Crippen LogP contribution in [0.15, 0.2) is 0 Å². The lowest BCUT2D eigenvalue weighted by molar-refractivity contribution is 0.00304. The van der Waals surface area contributed by atoms with Gasteiger partial charge in [0.15, 0.2) is 15.2 Å². The molecule has 0 aliphatic carbocycles. The summed E-state index contributed by atoms with van der Waals surface area (Å²) in [6.07, 6.45) is 5.40.